The number of allylic oxidation sites excluding steroid dienone is 2. The van der Waals surface area contributed by atoms with Gasteiger partial charge in [-0.05, 0) is 60.5 Å². The SMILES string of the molecule is Cc1cccc2c(Oc3ccccc3C=CC(=O)C=Cc3cccc(C(F)(F)F)c3)ncnc12. The first-order valence-corrected chi connectivity index (χ1v) is 10.4. The van der Waals surface area contributed by atoms with E-state index in [4.69, 9.17) is 4.74 Å². The van der Waals surface area contributed by atoms with Gasteiger partial charge in [0.1, 0.15) is 12.1 Å². The molecule has 34 heavy (non-hydrogen) atoms. The molecule has 0 unspecified atom stereocenters. The maximum Gasteiger partial charge on any atom is 0.416 e. The van der Waals surface area contributed by atoms with E-state index >= 15 is 0 Å². The molecule has 170 valence electrons. The third-order valence-corrected chi connectivity index (χ3v) is 5.04. The minimum absolute atomic E-state index is 0.284. The number of carbonyl (C=O) groups excluding carboxylic acids is 1. The first-order chi connectivity index (χ1) is 16.3. The number of alkyl halides is 3. The second kappa shape index (κ2) is 9.70. The van der Waals surface area contributed by atoms with Crippen LogP contribution in [0.25, 0.3) is 23.1 Å². The number of ketones is 1. The van der Waals surface area contributed by atoms with Crippen LogP contribution in [0.4, 0.5) is 13.2 Å². The smallest absolute Gasteiger partial charge is 0.416 e. The molecule has 0 amide bonds. The number of hydrogen-bond acceptors (Lipinski definition) is 4. The normalized spacial score (nSPS) is 12.0. The summed E-state index contributed by atoms with van der Waals surface area (Å²) >= 11 is 0. The Balaban J connectivity index is 1.53. The highest BCUT2D eigenvalue weighted by molar-refractivity contribution is 6.04. The van der Waals surface area contributed by atoms with Gasteiger partial charge < -0.3 is 4.74 Å². The minimum atomic E-state index is -4.44. The van der Waals surface area contributed by atoms with Crippen molar-refractivity contribution in [3.8, 4) is 11.6 Å². The average Bonchev–Trinajstić information content (AvgIpc) is 2.82. The Labute approximate surface area is 194 Å². The molecule has 0 aliphatic rings. The van der Waals surface area contributed by atoms with Crippen molar-refractivity contribution in [2.45, 2.75) is 13.1 Å². The summed E-state index contributed by atoms with van der Waals surface area (Å²) in [6.07, 6.45) is 2.48. The Morgan fingerprint density at radius 1 is 0.912 bits per heavy atom. The summed E-state index contributed by atoms with van der Waals surface area (Å²) in [4.78, 5) is 20.9. The summed E-state index contributed by atoms with van der Waals surface area (Å²) in [6.45, 7) is 1.95. The maximum atomic E-state index is 12.9. The second-order valence-corrected chi connectivity index (χ2v) is 7.48. The van der Waals surface area contributed by atoms with Gasteiger partial charge in [-0.25, -0.2) is 9.97 Å². The van der Waals surface area contributed by atoms with Gasteiger partial charge in [0.25, 0.3) is 0 Å². The largest absolute Gasteiger partial charge is 0.438 e. The molecule has 4 aromatic rings. The van der Waals surface area contributed by atoms with E-state index < -0.39 is 11.7 Å². The Bertz CT molecular complexity index is 1410. The van der Waals surface area contributed by atoms with E-state index in [2.05, 4.69) is 9.97 Å². The fourth-order valence-electron chi connectivity index (χ4n) is 3.33. The highest BCUT2D eigenvalue weighted by Gasteiger charge is 2.30. The molecular weight excluding hydrogens is 441 g/mol. The topological polar surface area (TPSA) is 52.1 Å². The zero-order valence-corrected chi connectivity index (χ0v) is 18.1. The molecule has 0 saturated carbocycles. The molecular formula is C27H19F3N2O2. The van der Waals surface area contributed by atoms with Gasteiger partial charge in [-0.1, -0.05) is 48.5 Å². The van der Waals surface area contributed by atoms with E-state index in [1.165, 1.54) is 36.7 Å². The summed E-state index contributed by atoms with van der Waals surface area (Å²) in [7, 11) is 0. The molecule has 0 spiro atoms. The fourth-order valence-corrected chi connectivity index (χ4v) is 3.33. The number of ether oxygens (including phenoxy) is 1. The number of halogens is 3. The number of rotatable bonds is 6. The summed E-state index contributed by atoms with van der Waals surface area (Å²) in [5.41, 5.74) is 1.94. The van der Waals surface area contributed by atoms with E-state index in [0.29, 0.717) is 17.2 Å². The van der Waals surface area contributed by atoms with Crippen LogP contribution in [-0.2, 0) is 11.0 Å². The molecule has 0 aliphatic heterocycles. The minimum Gasteiger partial charge on any atom is -0.438 e. The lowest BCUT2D eigenvalue weighted by molar-refractivity contribution is -0.137. The molecule has 0 bridgehead atoms. The molecule has 1 heterocycles. The van der Waals surface area contributed by atoms with Crippen LogP contribution in [0.3, 0.4) is 0 Å². The highest BCUT2D eigenvalue weighted by atomic mass is 19.4. The van der Waals surface area contributed by atoms with Crippen LogP contribution in [0.2, 0.25) is 0 Å². The number of aromatic nitrogens is 2. The Morgan fingerprint density at radius 2 is 1.68 bits per heavy atom. The van der Waals surface area contributed by atoms with Crippen LogP contribution in [-0.4, -0.2) is 15.8 Å². The van der Waals surface area contributed by atoms with Crippen LogP contribution in [0, 0.1) is 6.92 Å². The van der Waals surface area contributed by atoms with Gasteiger partial charge in [-0.15, -0.1) is 0 Å². The maximum absolute atomic E-state index is 12.9. The standard InChI is InChI=1S/C27H19F3N2O2/c1-18-6-4-10-23-25(18)31-17-32-26(23)34-24-11-3-2-8-20(24)13-15-22(33)14-12-19-7-5-9-21(16-19)27(28,29)30/h2-17H,1H3. The number of para-hydroxylation sites is 2. The molecule has 4 rings (SSSR count). The summed E-state index contributed by atoms with van der Waals surface area (Å²) in [6, 6.07) is 17.6. The fraction of sp³-hybridized carbons (Fsp3) is 0.0741. The lowest BCUT2D eigenvalue weighted by Gasteiger charge is -2.10. The molecule has 0 fully saturated rings. The zero-order valence-electron chi connectivity index (χ0n) is 18.1. The van der Waals surface area contributed by atoms with Crippen molar-refractivity contribution in [3.63, 3.8) is 0 Å². The Morgan fingerprint density at radius 3 is 2.50 bits per heavy atom. The highest BCUT2D eigenvalue weighted by Crippen LogP contribution is 2.31. The number of benzene rings is 3. The number of fused-ring (bicyclic) bond motifs is 1. The quantitative estimate of drug-likeness (QED) is 0.290. The van der Waals surface area contributed by atoms with Gasteiger partial charge in [0.15, 0.2) is 5.78 Å². The van der Waals surface area contributed by atoms with Gasteiger partial charge in [0, 0.05) is 5.56 Å². The third-order valence-electron chi connectivity index (χ3n) is 5.04. The van der Waals surface area contributed by atoms with Crippen molar-refractivity contribution < 1.29 is 22.7 Å². The van der Waals surface area contributed by atoms with Crippen LogP contribution in [0.15, 0.2) is 85.2 Å². The van der Waals surface area contributed by atoms with Gasteiger partial charge in [0.2, 0.25) is 5.88 Å². The van der Waals surface area contributed by atoms with Crippen LogP contribution >= 0.6 is 0 Å². The Hall–Kier alpha value is -4.26. The van der Waals surface area contributed by atoms with Gasteiger partial charge >= 0.3 is 6.18 Å². The van der Waals surface area contributed by atoms with Crippen molar-refractivity contribution in [1.82, 2.24) is 9.97 Å². The van der Waals surface area contributed by atoms with Crippen LogP contribution < -0.4 is 4.74 Å². The van der Waals surface area contributed by atoms with Crippen molar-refractivity contribution in [2.24, 2.45) is 0 Å². The number of hydrogen-bond donors (Lipinski definition) is 0. The molecule has 0 N–H and O–H groups in total. The molecule has 4 nitrogen and oxygen atoms in total. The monoisotopic (exact) mass is 460 g/mol. The van der Waals surface area contributed by atoms with E-state index in [1.54, 1.807) is 30.3 Å². The zero-order chi connectivity index (χ0) is 24.1. The van der Waals surface area contributed by atoms with Crippen molar-refractivity contribution >= 4 is 28.8 Å². The molecule has 0 atom stereocenters. The first-order valence-electron chi connectivity index (χ1n) is 10.4. The number of aryl methyl sites for hydroxylation is 1. The Kier molecular flexibility index (Phi) is 6.54. The van der Waals surface area contributed by atoms with Crippen molar-refractivity contribution in [3.05, 3.63) is 107 Å². The number of carbonyl (C=O) groups is 1. The third kappa shape index (κ3) is 5.38. The van der Waals surface area contributed by atoms with Gasteiger partial charge in [0.05, 0.1) is 16.5 Å². The lowest BCUT2D eigenvalue weighted by atomic mass is 10.1. The van der Waals surface area contributed by atoms with E-state index in [0.717, 1.165) is 28.6 Å². The van der Waals surface area contributed by atoms with E-state index in [-0.39, 0.29) is 11.3 Å². The molecule has 0 saturated heterocycles. The summed E-state index contributed by atoms with van der Waals surface area (Å²) in [5.74, 6) is 0.510. The summed E-state index contributed by atoms with van der Waals surface area (Å²) in [5, 5.41) is 0.765. The predicted octanol–water partition coefficient (Wildman–Crippen LogP) is 7.05. The van der Waals surface area contributed by atoms with Crippen LogP contribution in [0.1, 0.15) is 22.3 Å². The molecule has 7 heteroatoms. The molecule has 0 aliphatic carbocycles. The average molecular weight is 460 g/mol. The van der Waals surface area contributed by atoms with E-state index in [1.807, 2.05) is 25.1 Å². The van der Waals surface area contributed by atoms with Gasteiger partial charge in [-0.2, -0.15) is 13.2 Å². The lowest BCUT2D eigenvalue weighted by Crippen LogP contribution is -2.04. The van der Waals surface area contributed by atoms with Gasteiger partial charge in [-0.3, -0.25) is 4.79 Å². The van der Waals surface area contributed by atoms with Crippen LogP contribution in [0.5, 0.6) is 11.6 Å². The van der Waals surface area contributed by atoms with Crippen molar-refractivity contribution in [1.29, 1.82) is 0 Å². The predicted molar refractivity (Wildman–Crippen MR) is 125 cm³/mol. The molecule has 3 aromatic carbocycles. The summed E-state index contributed by atoms with van der Waals surface area (Å²) < 4.78 is 44.6. The number of nitrogens with zero attached hydrogens (tertiary/aromatic N) is 2. The molecule has 0 radical (unpaired) electrons. The first kappa shape index (κ1) is 22.9. The van der Waals surface area contributed by atoms with Crippen molar-refractivity contribution in [2.75, 3.05) is 0 Å². The second-order valence-electron chi connectivity index (χ2n) is 7.48. The molecule has 1 aromatic heterocycles. The van der Waals surface area contributed by atoms with E-state index in [9.17, 15) is 18.0 Å².